The zero-order chi connectivity index (χ0) is 24.9. The molecule has 0 unspecified atom stereocenters. The van der Waals surface area contributed by atoms with E-state index in [1.807, 2.05) is 11.4 Å². The summed E-state index contributed by atoms with van der Waals surface area (Å²) in [5.41, 5.74) is 2.07. The first-order valence-electron chi connectivity index (χ1n) is 11.6. The maximum Gasteiger partial charge on any atom is 0.353 e. The van der Waals surface area contributed by atoms with E-state index in [2.05, 4.69) is 39.1 Å². The van der Waals surface area contributed by atoms with Gasteiger partial charge in [0, 0.05) is 32.7 Å². The summed E-state index contributed by atoms with van der Waals surface area (Å²) >= 11 is 2.71. The Hall–Kier alpha value is -3.40. The molecule has 2 aliphatic heterocycles. The van der Waals surface area contributed by atoms with E-state index in [1.165, 1.54) is 35.8 Å². The van der Waals surface area contributed by atoms with Crippen LogP contribution in [0.1, 0.15) is 20.8 Å². The minimum Gasteiger partial charge on any atom is -0.493 e. The highest BCUT2D eigenvalue weighted by Gasteiger charge is 2.28. The van der Waals surface area contributed by atoms with Crippen LogP contribution in [0.15, 0.2) is 75.9 Å². The number of nitrogens with zero attached hydrogens (tertiary/aromatic N) is 3. The van der Waals surface area contributed by atoms with Gasteiger partial charge in [-0.05, 0) is 52.5 Å². The van der Waals surface area contributed by atoms with Gasteiger partial charge in [-0.2, -0.15) is 4.99 Å². The number of rotatable bonds is 6. The average molecular weight is 520 g/mol. The van der Waals surface area contributed by atoms with E-state index in [0.29, 0.717) is 21.3 Å². The Kier molecular flexibility index (Phi) is 7.50. The van der Waals surface area contributed by atoms with E-state index < -0.39 is 5.97 Å². The number of methoxy groups -OCH3 is 1. The summed E-state index contributed by atoms with van der Waals surface area (Å²) in [5, 5.41) is 2.57. The van der Waals surface area contributed by atoms with E-state index in [0.717, 1.165) is 43.5 Å². The molecule has 5 rings (SSSR count). The molecule has 3 aromatic rings. The summed E-state index contributed by atoms with van der Waals surface area (Å²) in [7, 11) is 1.52. The summed E-state index contributed by atoms with van der Waals surface area (Å²) in [6.07, 6.45) is 1.79. The third-order valence-corrected chi connectivity index (χ3v) is 7.81. The summed E-state index contributed by atoms with van der Waals surface area (Å²) < 4.78 is 10.9. The highest BCUT2D eigenvalue weighted by Crippen LogP contribution is 2.34. The molecule has 184 valence electrons. The standard InChI is InChI=1S/C27H25N3O4S2/c1-33-22-16-20(9-10-21(22)34-26(32)23-8-5-15-35-23)17-24-25(31)28-27(36-24)30-13-11-29(12-14-30)18-19-6-3-2-4-7-19/h2-10,15-17H,11-14,18H2,1H3/b24-17+. The van der Waals surface area contributed by atoms with Crippen LogP contribution >= 0.6 is 23.1 Å². The van der Waals surface area contributed by atoms with Crippen LogP contribution in [-0.2, 0) is 11.3 Å². The third-order valence-electron chi connectivity index (χ3n) is 5.91. The number of benzene rings is 2. The number of carbonyl (C=O) groups is 2. The number of carbonyl (C=O) groups excluding carboxylic acids is 2. The van der Waals surface area contributed by atoms with Crippen LogP contribution in [0.25, 0.3) is 6.08 Å². The molecule has 0 aliphatic carbocycles. The van der Waals surface area contributed by atoms with Crippen LogP contribution in [-0.4, -0.2) is 60.1 Å². The van der Waals surface area contributed by atoms with Crippen molar-refractivity contribution in [3.05, 3.63) is 87.0 Å². The minimum absolute atomic E-state index is 0.242. The molecule has 0 N–H and O–H groups in total. The highest BCUT2D eigenvalue weighted by molar-refractivity contribution is 8.18. The number of thioether (sulfide) groups is 1. The first kappa shape index (κ1) is 24.3. The topological polar surface area (TPSA) is 71.4 Å². The van der Waals surface area contributed by atoms with Gasteiger partial charge in [-0.15, -0.1) is 11.3 Å². The number of esters is 1. The lowest BCUT2D eigenvalue weighted by atomic mass is 10.2. The Balaban J connectivity index is 1.20. The van der Waals surface area contributed by atoms with Gasteiger partial charge >= 0.3 is 5.97 Å². The van der Waals surface area contributed by atoms with Crippen molar-refractivity contribution in [3.8, 4) is 11.5 Å². The first-order chi connectivity index (χ1) is 17.6. The number of aliphatic imine (C=N–C) groups is 1. The fourth-order valence-corrected chi connectivity index (χ4v) is 5.59. The third kappa shape index (κ3) is 5.70. The van der Waals surface area contributed by atoms with Gasteiger partial charge in [-0.1, -0.05) is 42.5 Å². The molecule has 1 saturated heterocycles. The molecule has 36 heavy (non-hydrogen) atoms. The lowest BCUT2D eigenvalue weighted by Crippen LogP contribution is -2.47. The van der Waals surface area contributed by atoms with Gasteiger partial charge in [-0.3, -0.25) is 9.69 Å². The molecule has 0 spiro atoms. The maximum atomic E-state index is 12.6. The monoisotopic (exact) mass is 519 g/mol. The Bertz CT molecular complexity index is 1300. The molecular weight excluding hydrogens is 494 g/mol. The van der Waals surface area contributed by atoms with Gasteiger partial charge < -0.3 is 14.4 Å². The Morgan fingerprint density at radius 1 is 1.03 bits per heavy atom. The lowest BCUT2D eigenvalue weighted by Gasteiger charge is -2.35. The van der Waals surface area contributed by atoms with Crippen LogP contribution < -0.4 is 9.47 Å². The summed E-state index contributed by atoms with van der Waals surface area (Å²) in [5.74, 6) is 0.0702. The molecular formula is C27H25N3O4S2. The largest absolute Gasteiger partial charge is 0.493 e. The number of amides is 1. The molecule has 2 aromatic carbocycles. The summed E-state index contributed by atoms with van der Waals surface area (Å²) in [6, 6.07) is 19.2. The van der Waals surface area contributed by atoms with Crippen molar-refractivity contribution in [1.29, 1.82) is 0 Å². The van der Waals surface area contributed by atoms with Gasteiger partial charge in [0.1, 0.15) is 4.88 Å². The van der Waals surface area contributed by atoms with Gasteiger partial charge in [0.05, 0.1) is 12.0 Å². The van der Waals surface area contributed by atoms with Crippen molar-refractivity contribution in [2.24, 2.45) is 4.99 Å². The molecule has 1 fully saturated rings. The van der Waals surface area contributed by atoms with E-state index >= 15 is 0 Å². The predicted molar refractivity (Wildman–Crippen MR) is 144 cm³/mol. The van der Waals surface area contributed by atoms with Crippen molar-refractivity contribution < 1.29 is 19.1 Å². The second-order valence-corrected chi connectivity index (χ2v) is 10.3. The van der Waals surface area contributed by atoms with Crippen LogP contribution in [0.5, 0.6) is 11.5 Å². The average Bonchev–Trinajstić information content (AvgIpc) is 3.57. The van der Waals surface area contributed by atoms with Crippen LogP contribution in [0.4, 0.5) is 0 Å². The fraction of sp³-hybridized carbons (Fsp3) is 0.222. The lowest BCUT2D eigenvalue weighted by molar-refractivity contribution is -0.113. The van der Waals surface area contributed by atoms with Gasteiger partial charge in [0.25, 0.3) is 5.91 Å². The van der Waals surface area contributed by atoms with E-state index in [9.17, 15) is 9.59 Å². The quantitative estimate of drug-likeness (QED) is 0.264. The number of thiophene rings is 1. The molecule has 0 atom stereocenters. The SMILES string of the molecule is COc1cc(/C=C2/SC(N3CCN(Cc4ccccc4)CC3)=NC2=O)ccc1OC(=O)c1cccs1. The van der Waals surface area contributed by atoms with Crippen molar-refractivity contribution in [2.45, 2.75) is 6.54 Å². The van der Waals surface area contributed by atoms with Crippen molar-refractivity contribution in [2.75, 3.05) is 33.3 Å². The summed E-state index contributed by atoms with van der Waals surface area (Å²) in [6.45, 7) is 4.43. The van der Waals surface area contributed by atoms with Crippen molar-refractivity contribution in [1.82, 2.24) is 9.80 Å². The van der Waals surface area contributed by atoms with Gasteiger partial charge in [0.2, 0.25) is 0 Å². The zero-order valence-corrected chi connectivity index (χ0v) is 21.4. The normalized spacial score (nSPS) is 17.4. The fourth-order valence-electron chi connectivity index (χ4n) is 4.03. The second kappa shape index (κ2) is 11.1. The summed E-state index contributed by atoms with van der Waals surface area (Å²) in [4.78, 5) is 34.9. The number of amidine groups is 1. The molecule has 9 heteroatoms. The zero-order valence-electron chi connectivity index (χ0n) is 19.8. The molecule has 3 heterocycles. The molecule has 0 saturated carbocycles. The van der Waals surface area contributed by atoms with Crippen molar-refractivity contribution in [3.63, 3.8) is 0 Å². The molecule has 0 bridgehead atoms. The van der Waals surface area contributed by atoms with Crippen LogP contribution in [0.3, 0.4) is 0 Å². The van der Waals surface area contributed by atoms with E-state index in [-0.39, 0.29) is 5.91 Å². The number of piperazine rings is 1. The van der Waals surface area contributed by atoms with Crippen LogP contribution in [0, 0.1) is 0 Å². The Morgan fingerprint density at radius 2 is 1.83 bits per heavy atom. The maximum absolute atomic E-state index is 12.6. The first-order valence-corrected chi connectivity index (χ1v) is 13.3. The predicted octanol–water partition coefficient (Wildman–Crippen LogP) is 4.76. The van der Waals surface area contributed by atoms with E-state index in [1.54, 1.807) is 36.4 Å². The molecule has 0 radical (unpaired) electrons. The highest BCUT2D eigenvalue weighted by atomic mass is 32.2. The van der Waals surface area contributed by atoms with Gasteiger partial charge in [0.15, 0.2) is 16.7 Å². The number of hydrogen-bond donors (Lipinski definition) is 0. The minimum atomic E-state index is -0.433. The second-order valence-electron chi connectivity index (χ2n) is 8.34. The van der Waals surface area contributed by atoms with Crippen LogP contribution in [0.2, 0.25) is 0 Å². The number of hydrogen-bond acceptors (Lipinski definition) is 8. The molecule has 7 nitrogen and oxygen atoms in total. The van der Waals surface area contributed by atoms with Crippen molar-refractivity contribution >= 4 is 46.2 Å². The molecule has 1 aromatic heterocycles. The smallest absolute Gasteiger partial charge is 0.353 e. The molecule has 1 amide bonds. The Morgan fingerprint density at radius 3 is 2.56 bits per heavy atom. The van der Waals surface area contributed by atoms with Gasteiger partial charge in [-0.25, -0.2) is 4.79 Å². The number of ether oxygens (including phenoxy) is 2. The van der Waals surface area contributed by atoms with E-state index in [4.69, 9.17) is 9.47 Å². The molecule has 2 aliphatic rings. The Labute approximate surface area is 218 Å².